The van der Waals surface area contributed by atoms with Crippen LogP contribution in [0.5, 0.6) is 0 Å². The second-order valence-electron chi connectivity index (χ2n) is 2.78. The van der Waals surface area contributed by atoms with Crippen molar-refractivity contribution in [3.63, 3.8) is 0 Å². The Labute approximate surface area is 71.4 Å². The molecule has 0 saturated heterocycles. The highest BCUT2D eigenvalue weighted by molar-refractivity contribution is 7.98. The maximum atomic E-state index is 5.38. The van der Waals surface area contributed by atoms with Gasteiger partial charge in [0.1, 0.15) is 5.76 Å². The van der Waals surface area contributed by atoms with Crippen molar-refractivity contribution in [2.45, 2.75) is 31.9 Å². The summed E-state index contributed by atoms with van der Waals surface area (Å²) in [6.45, 7) is 6.20. The first-order valence-electron chi connectivity index (χ1n) is 3.66. The lowest BCUT2D eigenvalue weighted by Gasteiger charge is -1.97. The summed E-state index contributed by atoms with van der Waals surface area (Å²) < 4.78 is 5.38. The van der Waals surface area contributed by atoms with Gasteiger partial charge in [0.25, 0.3) is 5.22 Å². The second kappa shape index (κ2) is 3.30. The number of aryl methyl sites for hydroxylation is 1. The van der Waals surface area contributed by atoms with Gasteiger partial charge >= 0.3 is 0 Å². The summed E-state index contributed by atoms with van der Waals surface area (Å²) in [4.78, 5) is 4.32. The fraction of sp³-hybridized carbons (Fsp3) is 0.625. The standard InChI is InChI=1S/C8H13NOS/c1-5(2)7-6(3)10-8(9-7)11-4/h5H,1-4H3. The van der Waals surface area contributed by atoms with Crippen molar-refractivity contribution < 1.29 is 4.42 Å². The number of hydrogen-bond acceptors (Lipinski definition) is 3. The molecule has 0 N–H and O–H groups in total. The summed E-state index contributed by atoms with van der Waals surface area (Å²) in [5.41, 5.74) is 1.08. The third-order valence-electron chi connectivity index (χ3n) is 1.53. The topological polar surface area (TPSA) is 26.0 Å². The average Bonchev–Trinajstić information content (AvgIpc) is 2.30. The van der Waals surface area contributed by atoms with Gasteiger partial charge in [-0.2, -0.15) is 0 Å². The quantitative estimate of drug-likeness (QED) is 0.640. The first-order valence-corrected chi connectivity index (χ1v) is 4.89. The van der Waals surface area contributed by atoms with Gasteiger partial charge in [-0.25, -0.2) is 4.98 Å². The lowest BCUT2D eigenvalue weighted by atomic mass is 10.1. The van der Waals surface area contributed by atoms with E-state index in [4.69, 9.17) is 4.42 Å². The molecule has 0 radical (unpaired) electrons. The van der Waals surface area contributed by atoms with Gasteiger partial charge in [0, 0.05) is 0 Å². The molecule has 0 saturated carbocycles. The van der Waals surface area contributed by atoms with E-state index in [0.717, 1.165) is 16.7 Å². The molecule has 0 spiro atoms. The Morgan fingerprint density at radius 3 is 2.36 bits per heavy atom. The van der Waals surface area contributed by atoms with Crippen LogP contribution in [0.25, 0.3) is 0 Å². The molecule has 0 bridgehead atoms. The van der Waals surface area contributed by atoms with Crippen molar-refractivity contribution in [3.8, 4) is 0 Å². The Balaban J connectivity index is 2.97. The number of nitrogens with zero attached hydrogens (tertiary/aromatic N) is 1. The van der Waals surface area contributed by atoms with Gasteiger partial charge in [-0.3, -0.25) is 0 Å². The number of hydrogen-bond donors (Lipinski definition) is 0. The Morgan fingerprint density at radius 1 is 1.45 bits per heavy atom. The molecule has 0 aliphatic carbocycles. The summed E-state index contributed by atoms with van der Waals surface area (Å²) in [6.07, 6.45) is 1.97. The average molecular weight is 171 g/mol. The lowest BCUT2D eigenvalue weighted by Crippen LogP contribution is -1.89. The maximum absolute atomic E-state index is 5.38. The Morgan fingerprint density at radius 2 is 2.09 bits per heavy atom. The van der Waals surface area contributed by atoms with Gasteiger partial charge in [-0.05, 0) is 19.1 Å². The molecule has 0 atom stereocenters. The highest BCUT2D eigenvalue weighted by Gasteiger charge is 2.11. The third kappa shape index (κ3) is 1.77. The van der Waals surface area contributed by atoms with Crippen molar-refractivity contribution in [1.29, 1.82) is 0 Å². The Kier molecular flexibility index (Phi) is 2.60. The normalized spacial score (nSPS) is 11.0. The van der Waals surface area contributed by atoms with Gasteiger partial charge in [-0.1, -0.05) is 25.6 Å². The lowest BCUT2D eigenvalue weighted by molar-refractivity contribution is 0.431. The van der Waals surface area contributed by atoms with Crippen LogP contribution in [-0.4, -0.2) is 11.2 Å². The smallest absolute Gasteiger partial charge is 0.255 e. The molecule has 0 aromatic carbocycles. The minimum Gasteiger partial charge on any atom is -0.437 e. The molecular weight excluding hydrogens is 158 g/mol. The largest absolute Gasteiger partial charge is 0.437 e. The number of rotatable bonds is 2. The van der Waals surface area contributed by atoms with Crippen LogP contribution >= 0.6 is 11.8 Å². The zero-order valence-electron chi connectivity index (χ0n) is 7.34. The predicted molar refractivity (Wildman–Crippen MR) is 47.1 cm³/mol. The molecule has 3 heteroatoms. The molecular formula is C8H13NOS. The first-order chi connectivity index (χ1) is 5.15. The molecule has 1 aromatic rings. The van der Waals surface area contributed by atoms with Gasteiger partial charge in [-0.15, -0.1) is 0 Å². The van der Waals surface area contributed by atoms with Crippen molar-refractivity contribution in [1.82, 2.24) is 4.98 Å². The zero-order chi connectivity index (χ0) is 8.43. The zero-order valence-corrected chi connectivity index (χ0v) is 8.16. The first kappa shape index (κ1) is 8.65. The van der Waals surface area contributed by atoms with Crippen LogP contribution in [0.4, 0.5) is 0 Å². The van der Waals surface area contributed by atoms with E-state index in [9.17, 15) is 0 Å². The summed E-state index contributed by atoms with van der Waals surface area (Å²) in [7, 11) is 0. The molecule has 62 valence electrons. The number of oxazole rings is 1. The molecule has 1 aromatic heterocycles. The molecule has 1 rings (SSSR count). The molecule has 0 aliphatic rings. The van der Waals surface area contributed by atoms with Crippen molar-refractivity contribution in [2.24, 2.45) is 0 Å². The van der Waals surface area contributed by atoms with E-state index >= 15 is 0 Å². The molecule has 2 nitrogen and oxygen atoms in total. The molecule has 0 amide bonds. The van der Waals surface area contributed by atoms with E-state index in [1.807, 2.05) is 13.2 Å². The van der Waals surface area contributed by atoms with Crippen LogP contribution in [0.3, 0.4) is 0 Å². The molecule has 11 heavy (non-hydrogen) atoms. The molecule has 0 aliphatic heterocycles. The Hall–Kier alpha value is -0.440. The van der Waals surface area contributed by atoms with Crippen molar-refractivity contribution >= 4 is 11.8 Å². The highest BCUT2D eigenvalue weighted by atomic mass is 32.2. The van der Waals surface area contributed by atoms with E-state index in [0.29, 0.717) is 5.92 Å². The fourth-order valence-electron chi connectivity index (χ4n) is 1.01. The molecule has 0 unspecified atom stereocenters. The summed E-state index contributed by atoms with van der Waals surface area (Å²) in [6, 6.07) is 0. The monoisotopic (exact) mass is 171 g/mol. The van der Waals surface area contributed by atoms with Crippen molar-refractivity contribution in [3.05, 3.63) is 11.5 Å². The number of aromatic nitrogens is 1. The van der Waals surface area contributed by atoms with Crippen LogP contribution in [0.15, 0.2) is 9.64 Å². The SMILES string of the molecule is CSc1nc(C(C)C)c(C)o1. The summed E-state index contributed by atoms with van der Waals surface area (Å²) >= 11 is 1.54. The second-order valence-corrected chi connectivity index (χ2v) is 3.54. The predicted octanol–water partition coefficient (Wildman–Crippen LogP) is 2.83. The van der Waals surface area contributed by atoms with Gasteiger partial charge < -0.3 is 4.42 Å². The Bertz CT molecular complexity index is 242. The highest BCUT2D eigenvalue weighted by Crippen LogP contribution is 2.23. The van der Waals surface area contributed by atoms with E-state index < -0.39 is 0 Å². The minimum absolute atomic E-state index is 0.458. The minimum atomic E-state index is 0.458. The third-order valence-corrected chi connectivity index (χ3v) is 2.06. The molecule has 0 fully saturated rings. The van der Waals surface area contributed by atoms with E-state index in [2.05, 4.69) is 18.8 Å². The van der Waals surface area contributed by atoms with E-state index in [1.165, 1.54) is 0 Å². The van der Waals surface area contributed by atoms with E-state index in [-0.39, 0.29) is 0 Å². The van der Waals surface area contributed by atoms with Gasteiger partial charge in [0.15, 0.2) is 0 Å². The van der Waals surface area contributed by atoms with Crippen LogP contribution in [0.1, 0.15) is 31.2 Å². The fourth-order valence-corrected chi connectivity index (χ4v) is 1.40. The van der Waals surface area contributed by atoms with Gasteiger partial charge in [0.05, 0.1) is 5.69 Å². The van der Waals surface area contributed by atoms with Crippen LogP contribution in [-0.2, 0) is 0 Å². The summed E-state index contributed by atoms with van der Waals surface area (Å²) in [5.74, 6) is 1.41. The van der Waals surface area contributed by atoms with Gasteiger partial charge in [0.2, 0.25) is 0 Å². The van der Waals surface area contributed by atoms with E-state index in [1.54, 1.807) is 11.8 Å². The number of thioether (sulfide) groups is 1. The van der Waals surface area contributed by atoms with Crippen molar-refractivity contribution in [2.75, 3.05) is 6.26 Å². The van der Waals surface area contributed by atoms with Crippen LogP contribution in [0, 0.1) is 6.92 Å². The van der Waals surface area contributed by atoms with Crippen LogP contribution in [0.2, 0.25) is 0 Å². The summed E-state index contributed by atoms with van der Waals surface area (Å²) in [5, 5.41) is 0.770. The molecule has 1 heterocycles. The van der Waals surface area contributed by atoms with Crippen LogP contribution < -0.4 is 0 Å². The maximum Gasteiger partial charge on any atom is 0.255 e.